The van der Waals surface area contributed by atoms with E-state index < -0.39 is 16.8 Å². The summed E-state index contributed by atoms with van der Waals surface area (Å²) in [6.07, 6.45) is 0. The highest BCUT2D eigenvalue weighted by molar-refractivity contribution is 7.89. The fourth-order valence-electron chi connectivity index (χ4n) is 0.726. The van der Waals surface area contributed by atoms with Gasteiger partial charge in [0.1, 0.15) is 0 Å². The first kappa shape index (κ1) is 10.1. The number of sulfonamides is 1. The summed E-state index contributed by atoms with van der Waals surface area (Å²) in [6, 6.07) is 7.52. The molecule has 2 radical (unpaired) electrons. The van der Waals surface area contributed by atoms with Crippen LogP contribution in [-0.4, -0.2) is 15.2 Å². The van der Waals surface area contributed by atoms with Crippen molar-refractivity contribution in [2.24, 2.45) is 0 Å². The van der Waals surface area contributed by atoms with Gasteiger partial charge in [-0.3, -0.25) is 0 Å². The highest BCUT2D eigenvalue weighted by Gasteiger charge is 2.15. The zero-order valence-electron chi connectivity index (χ0n) is 6.58. The summed E-state index contributed by atoms with van der Waals surface area (Å²) in [4.78, 5) is 6.74. The maximum absolute atomic E-state index is 11.2. The Bertz CT molecular complexity index is 348. The number of hydrogen-bond acceptors (Lipinski definition) is 3. The smallest absolute Gasteiger partial charge is 0.235 e. The van der Waals surface area contributed by atoms with Crippen molar-refractivity contribution in [2.45, 2.75) is 4.90 Å². The van der Waals surface area contributed by atoms with Crippen molar-refractivity contribution in [1.82, 2.24) is 4.89 Å². The first-order valence-corrected chi connectivity index (χ1v) is 4.83. The van der Waals surface area contributed by atoms with Crippen molar-refractivity contribution in [1.29, 1.82) is 0 Å². The second-order valence-corrected chi connectivity index (χ2v) is 3.68. The first-order chi connectivity index (χ1) is 6.17. The molecule has 0 unspecified atom stereocenters. The molecule has 1 rings (SSSR count). The van der Waals surface area contributed by atoms with Crippen molar-refractivity contribution in [3.63, 3.8) is 0 Å². The molecule has 0 saturated heterocycles. The van der Waals surface area contributed by atoms with Crippen LogP contribution in [0.4, 0.5) is 0 Å². The maximum Gasteiger partial charge on any atom is 0.282 e. The summed E-state index contributed by atoms with van der Waals surface area (Å²) in [6.45, 7) is -1.01. The summed E-state index contributed by atoms with van der Waals surface area (Å²) in [5.41, 5.74) is 0. The average molecular weight is 201 g/mol. The molecule has 70 valence electrons. The minimum absolute atomic E-state index is 0.00319. The molecule has 0 aromatic heterocycles. The van der Waals surface area contributed by atoms with E-state index in [0.29, 0.717) is 0 Å². The highest BCUT2D eigenvalue weighted by atomic mass is 32.2. The fraction of sp³-hybridized carbons (Fsp3) is 0.143. The van der Waals surface area contributed by atoms with Crippen LogP contribution >= 0.6 is 0 Å². The van der Waals surface area contributed by atoms with Crippen LogP contribution in [0.3, 0.4) is 0 Å². The molecule has 1 aromatic rings. The van der Waals surface area contributed by atoms with E-state index >= 15 is 0 Å². The molecule has 0 aliphatic rings. The van der Waals surface area contributed by atoms with Crippen LogP contribution in [0.2, 0.25) is 0 Å². The summed E-state index contributed by atoms with van der Waals surface area (Å²) in [5.74, 6) is 0. The standard InChI is InChI=1S/C7H7NO4S/c9-6-12-8-13(10,11)7-4-2-1-3-5-7/h1-5H,6H2. The van der Waals surface area contributed by atoms with Gasteiger partial charge in [-0.05, 0) is 12.1 Å². The van der Waals surface area contributed by atoms with Crippen molar-refractivity contribution in [3.05, 3.63) is 30.3 Å². The van der Waals surface area contributed by atoms with Crippen LogP contribution in [0, 0.1) is 0 Å². The van der Waals surface area contributed by atoms with Gasteiger partial charge in [0.15, 0.2) is 0 Å². The second kappa shape index (κ2) is 4.33. The third-order valence-corrected chi connectivity index (χ3v) is 2.41. The fourth-order valence-corrected chi connectivity index (χ4v) is 1.50. The zero-order chi connectivity index (χ0) is 9.73. The van der Waals surface area contributed by atoms with E-state index in [2.05, 4.69) is 9.72 Å². The normalized spacial score (nSPS) is 11.5. The van der Waals surface area contributed by atoms with Crippen molar-refractivity contribution in [3.8, 4) is 0 Å². The average Bonchev–Trinajstić information content (AvgIpc) is 2.16. The second-order valence-electron chi connectivity index (χ2n) is 2.11. The van der Waals surface area contributed by atoms with Gasteiger partial charge in [0.05, 0.1) is 4.90 Å². The molecule has 6 heteroatoms. The number of rotatable bonds is 4. The van der Waals surface area contributed by atoms with Gasteiger partial charge in [-0.1, -0.05) is 18.2 Å². The monoisotopic (exact) mass is 201 g/mol. The maximum atomic E-state index is 11.2. The molecular weight excluding hydrogens is 194 g/mol. The van der Waals surface area contributed by atoms with Crippen LogP contribution in [0.1, 0.15) is 0 Å². The van der Waals surface area contributed by atoms with Crippen LogP contribution in [-0.2, 0) is 20.0 Å². The Kier molecular flexibility index (Phi) is 3.38. The molecule has 0 fully saturated rings. The summed E-state index contributed by atoms with van der Waals surface area (Å²) in [7, 11) is -3.82. The topological polar surface area (TPSA) is 77.4 Å². The molecule has 0 atom stereocenters. The predicted octanol–water partition coefficient (Wildman–Crippen LogP) is 0.299. The van der Waals surface area contributed by atoms with Gasteiger partial charge in [0, 0.05) is 4.89 Å². The van der Waals surface area contributed by atoms with Crippen molar-refractivity contribution >= 4 is 10.0 Å². The van der Waals surface area contributed by atoms with Crippen LogP contribution < -0.4 is 4.89 Å². The van der Waals surface area contributed by atoms with Crippen LogP contribution in [0.25, 0.3) is 0 Å². The lowest BCUT2D eigenvalue weighted by molar-refractivity contribution is -0.0707. The number of benzene rings is 1. The van der Waals surface area contributed by atoms with E-state index in [1.165, 1.54) is 12.1 Å². The SMILES string of the molecule is [O]CO[N]S(=O)(=O)c1ccccc1. The van der Waals surface area contributed by atoms with Crippen molar-refractivity contribution < 1.29 is 18.4 Å². The lowest BCUT2D eigenvalue weighted by atomic mass is 10.4. The molecular formula is C7H7NO4S. The van der Waals surface area contributed by atoms with E-state index in [-0.39, 0.29) is 4.90 Å². The Morgan fingerprint density at radius 3 is 2.38 bits per heavy atom. The molecule has 0 amide bonds. The molecule has 5 nitrogen and oxygen atoms in total. The Hall–Kier alpha value is -0.950. The van der Waals surface area contributed by atoms with Gasteiger partial charge in [0.25, 0.3) is 10.0 Å². The van der Waals surface area contributed by atoms with E-state index in [4.69, 9.17) is 0 Å². The molecule has 0 bridgehead atoms. The quantitative estimate of drug-likeness (QED) is 0.519. The van der Waals surface area contributed by atoms with Gasteiger partial charge < -0.3 is 0 Å². The summed E-state index contributed by atoms with van der Waals surface area (Å²) >= 11 is 0. The lowest BCUT2D eigenvalue weighted by Gasteiger charge is -2.00. The molecule has 0 aliphatic carbocycles. The van der Waals surface area contributed by atoms with E-state index in [0.717, 1.165) is 0 Å². The molecule has 1 aromatic carbocycles. The van der Waals surface area contributed by atoms with Gasteiger partial charge in [-0.2, -0.15) is 0 Å². The minimum Gasteiger partial charge on any atom is -0.235 e. The minimum atomic E-state index is -3.82. The summed E-state index contributed by atoms with van der Waals surface area (Å²) in [5, 5.41) is 9.83. The van der Waals surface area contributed by atoms with Crippen LogP contribution in [0.15, 0.2) is 35.2 Å². The van der Waals surface area contributed by atoms with Gasteiger partial charge in [-0.25, -0.2) is 18.4 Å². The third-order valence-electron chi connectivity index (χ3n) is 1.24. The largest absolute Gasteiger partial charge is 0.282 e. The summed E-state index contributed by atoms with van der Waals surface area (Å²) < 4.78 is 22.3. The third kappa shape index (κ3) is 2.78. The molecule has 0 heterocycles. The van der Waals surface area contributed by atoms with Gasteiger partial charge in [0.2, 0.25) is 6.79 Å². The first-order valence-electron chi connectivity index (χ1n) is 3.39. The van der Waals surface area contributed by atoms with E-state index in [9.17, 15) is 13.5 Å². The molecule has 0 N–H and O–H groups in total. The molecule has 13 heavy (non-hydrogen) atoms. The van der Waals surface area contributed by atoms with E-state index in [1.807, 2.05) is 0 Å². The van der Waals surface area contributed by atoms with Crippen LogP contribution in [0.5, 0.6) is 0 Å². The number of hydrogen-bond donors (Lipinski definition) is 0. The highest BCUT2D eigenvalue weighted by Crippen LogP contribution is 2.07. The Morgan fingerprint density at radius 1 is 1.23 bits per heavy atom. The lowest BCUT2D eigenvalue weighted by Crippen LogP contribution is -2.17. The molecule has 0 saturated carbocycles. The van der Waals surface area contributed by atoms with E-state index in [1.54, 1.807) is 18.2 Å². The van der Waals surface area contributed by atoms with Gasteiger partial charge in [-0.15, -0.1) is 0 Å². The zero-order valence-corrected chi connectivity index (χ0v) is 7.40. The van der Waals surface area contributed by atoms with Crippen molar-refractivity contribution in [2.75, 3.05) is 6.79 Å². The van der Waals surface area contributed by atoms with Gasteiger partial charge >= 0.3 is 0 Å². The Labute approximate surface area is 76.0 Å². The Balaban J connectivity index is 2.83. The Morgan fingerprint density at radius 2 is 1.85 bits per heavy atom. The molecule has 0 spiro atoms. The molecule has 0 aliphatic heterocycles. The predicted molar refractivity (Wildman–Crippen MR) is 42.4 cm³/mol. The number of nitrogens with zero attached hydrogens (tertiary/aromatic N) is 1.